The maximum atomic E-state index is 13.1. The van der Waals surface area contributed by atoms with E-state index < -0.39 is 12.1 Å². The van der Waals surface area contributed by atoms with Gasteiger partial charge in [-0.1, -0.05) is 68.3 Å². The SMILES string of the molecule is CC[C@@H](C)[C@H](N)C(=O)N1CCC(C(=O)N[C@@H](Cc2ccccc2)C(=O)Nc2ccc(C)cc2)CC1.Cl. The highest BCUT2D eigenvalue weighted by Gasteiger charge is 2.32. The van der Waals surface area contributed by atoms with E-state index in [1.54, 1.807) is 4.90 Å². The van der Waals surface area contributed by atoms with Crippen LogP contribution in [-0.4, -0.2) is 47.8 Å². The van der Waals surface area contributed by atoms with Gasteiger partial charge in [-0.25, -0.2) is 0 Å². The zero-order valence-electron chi connectivity index (χ0n) is 21.4. The number of aryl methyl sites for hydroxylation is 1. The van der Waals surface area contributed by atoms with E-state index in [1.807, 2.05) is 75.4 Å². The molecule has 0 bridgehead atoms. The van der Waals surface area contributed by atoms with E-state index in [0.717, 1.165) is 17.5 Å². The summed E-state index contributed by atoms with van der Waals surface area (Å²) in [4.78, 5) is 40.7. The number of halogens is 1. The maximum absolute atomic E-state index is 13.1. The highest BCUT2D eigenvalue weighted by Crippen LogP contribution is 2.20. The van der Waals surface area contributed by atoms with Gasteiger partial charge < -0.3 is 21.3 Å². The van der Waals surface area contributed by atoms with Gasteiger partial charge in [0.25, 0.3) is 0 Å². The van der Waals surface area contributed by atoms with Crippen molar-refractivity contribution < 1.29 is 14.4 Å². The molecule has 1 aliphatic heterocycles. The third-order valence-electron chi connectivity index (χ3n) is 6.95. The molecule has 1 heterocycles. The predicted molar refractivity (Wildman–Crippen MR) is 146 cm³/mol. The molecule has 2 aromatic carbocycles. The molecule has 4 N–H and O–H groups in total. The van der Waals surface area contributed by atoms with E-state index in [2.05, 4.69) is 10.6 Å². The number of nitrogens with zero attached hydrogens (tertiary/aromatic N) is 1. The van der Waals surface area contributed by atoms with Crippen LogP contribution in [0.15, 0.2) is 54.6 Å². The molecular weight excluding hydrogens is 476 g/mol. The van der Waals surface area contributed by atoms with Crippen molar-refractivity contribution >= 4 is 35.8 Å². The molecule has 0 spiro atoms. The van der Waals surface area contributed by atoms with Gasteiger partial charge in [0.2, 0.25) is 17.7 Å². The summed E-state index contributed by atoms with van der Waals surface area (Å²) in [6.45, 7) is 6.99. The first-order valence-corrected chi connectivity index (χ1v) is 12.5. The summed E-state index contributed by atoms with van der Waals surface area (Å²) < 4.78 is 0. The minimum Gasteiger partial charge on any atom is -0.344 e. The second-order valence-corrected chi connectivity index (χ2v) is 9.62. The summed E-state index contributed by atoms with van der Waals surface area (Å²) in [5.41, 5.74) is 8.89. The highest BCUT2D eigenvalue weighted by atomic mass is 35.5. The lowest BCUT2D eigenvalue weighted by Gasteiger charge is -2.34. The number of benzene rings is 2. The van der Waals surface area contributed by atoms with E-state index >= 15 is 0 Å². The zero-order valence-corrected chi connectivity index (χ0v) is 22.2. The van der Waals surface area contributed by atoms with Crippen LogP contribution in [0, 0.1) is 18.8 Å². The maximum Gasteiger partial charge on any atom is 0.247 e. The first-order valence-electron chi connectivity index (χ1n) is 12.5. The van der Waals surface area contributed by atoms with E-state index in [4.69, 9.17) is 5.73 Å². The molecule has 1 saturated heterocycles. The van der Waals surface area contributed by atoms with Crippen molar-refractivity contribution in [3.8, 4) is 0 Å². The van der Waals surface area contributed by atoms with E-state index in [1.165, 1.54) is 0 Å². The molecule has 3 amide bonds. The molecule has 1 aliphatic rings. The summed E-state index contributed by atoms with van der Waals surface area (Å²) in [6, 6.07) is 16.0. The lowest BCUT2D eigenvalue weighted by atomic mass is 9.93. The van der Waals surface area contributed by atoms with Gasteiger partial charge in [-0.05, 0) is 43.4 Å². The Morgan fingerprint density at radius 2 is 1.64 bits per heavy atom. The first-order chi connectivity index (χ1) is 16.8. The van der Waals surface area contributed by atoms with E-state index in [9.17, 15) is 14.4 Å². The van der Waals surface area contributed by atoms with Crippen molar-refractivity contribution in [3.63, 3.8) is 0 Å². The van der Waals surface area contributed by atoms with Crippen LogP contribution in [0.4, 0.5) is 5.69 Å². The Labute approximate surface area is 220 Å². The minimum atomic E-state index is -0.704. The van der Waals surface area contributed by atoms with Crippen molar-refractivity contribution in [3.05, 3.63) is 65.7 Å². The number of nitrogens with two attached hydrogens (primary N) is 1. The molecular formula is C28H39ClN4O3. The smallest absolute Gasteiger partial charge is 0.247 e. The number of carbonyl (C=O) groups is 3. The third kappa shape index (κ3) is 8.07. The van der Waals surface area contributed by atoms with Crippen LogP contribution in [0.25, 0.3) is 0 Å². The van der Waals surface area contributed by atoms with Gasteiger partial charge >= 0.3 is 0 Å². The Kier molecular flexibility index (Phi) is 11.4. The number of nitrogens with one attached hydrogen (secondary N) is 2. The summed E-state index contributed by atoms with van der Waals surface area (Å²) >= 11 is 0. The fraction of sp³-hybridized carbons (Fsp3) is 0.464. The first kappa shape index (κ1) is 29.3. The molecule has 0 saturated carbocycles. The van der Waals surface area contributed by atoms with Gasteiger partial charge in [0, 0.05) is 31.1 Å². The molecule has 3 atom stereocenters. The Morgan fingerprint density at radius 3 is 2.22 bits per heavy atom. The Hall–Kier alpha value is -2.90. The molecule has 8 heteroatoms. The number of piperidine rings is 1. The summed E-state index contributed by atoms with van der Waals surface area (Å²) in [5, 5.41) is 5.91. The monoisotopic (exact) mass is 514 g/mol. The summed E-state index contributed by atoms with van der Waals surface area (Å²) in [7, 11) is 0. The predicted octanol–water partition coefficient (Wildman–Crippen LogP) is 3.69. The second-order valence-electron chi connectivity index (χ2n) is 9.62. The van der Waals surface area contributed by atoms with Gasteiger partial charge in [0.1, 0.15) is 6.04 Å². The average molecular weight is 515 g/mol. The standard InChI is InChI=1S/C28H38N4O3.ClH/c1-4-20(3)25(29)28(35)32-16-14-22(15-17-32)26(33)31-24(18-21-8-6-5-7-9-21)27(34)30-23-12-10-19(2)11-13-23;/h5-13,20,22,24-25H,4,14-18,29H2,1-3H3,(H,30,34)(H,31,33);1H/t20-,24+,25+;/m1./s1. The van der Waals surface area contributed by atoms with Crippen molar-refractivity contribution in [1.29, 1.82) is 0 Å². The topological polar surface area (TPSA) is 105 Å². The molecule has 0 radical (unpaired) electrons. The van der Waals surface area contributed by atoms with Gasteiger partial charge in [-0.15, -0.1) is 12.4 Å². The molecule has 0 unspecified atom stereocenters. The highest BCUT2D eigenvalue weighted by molar-refractivity contribution is 5.97. The molecule has 0 aromatic heterocycles. The summed E-state index contributed by atoms with van der Waals surface area (Å²) in [6.07, 6.45) is 2.36. The number of hydrogen-bond donors (Lipinski definition) is 3. The molecule has 1 fully saturated rings. The number of rotatable bonds is 9. The summed E-state index contributed by atoms with van der Waals surface area (Å²) in [5.74, 6) is -0.572. The van der Waals surface area contributed by atoms with Crippen molar-refractivity contribution in [2.24, 2.45) is 17.6 Å². The molecule has 196 valence electrons. The van der Waals surface area contributed by atoms with Crippen LogP contribution in [-0.2, 0) is 20.8 Å². The van der Waals surface area contributed by atoms with E-state index in [0.29, 0.717) is 38.0 Å². The fourth-order valence-electron chi connectivity index (χ4n) is 4.29. The Morgan fingerprint density at radius 1 is 1.03 bits per heavy atom. The minimum absolute atomic E-state index is 0. The zero-order chi connectivity index (χ0) is 25.4. The number of hydrogen-bond acceptors (Lipinski definition) is 4. The van der Waals surface area contributed by atoms with Crippen LogP contribution in [0.1, 0.15) is 44.2 Å². The molecule has 36 heavy (non-hydrogen) atoms. The lowest BCUT2D eigenvalue weighted by molar-refractivity contribution is -0.138. The molecule has 3 rings (SSSR count). The third-order valence-corrected chi connectivity index (χ3v) is 6.95. The Bertz CT molecular complexity index is 992. The van der Waals surface area contributed by atoms with Gasteiger partial charge in [-0.2, -0.15) is 0 Å². The number of anilines is 1. The Balaban J connectivity index is 0.00000456. The molecule has 7 nitrogen and oxygen atoms in total. The fourth-order valence-corrected chi connectivity index (χ4v) is 4.29. The van der Waals surface area contributed by atoms with Crippen molar-refractivity contribution in [2.75, 3.05) is 18.4 Å². The van der Waals surface area contributed by atoms with Crippen LogP contribution >= 0.6 is 12.4 Å². The quantitative estimate of drug-likeness (QED) is 0.474. The van der Waals surface area contributed by atoms with Crippen LogP contribution in [0.3, 0.4) is 0 Å². The van der Waals surface area contributed by atoms with Crippen molar-refractivity contribution in [1.82, 2.24) is 10.2 Å². The van der Waals surface area contributed by atoms with Crippen LogP contribution < -0.4 is 16.4 Å². The number of carbonyl (C=O) groups excluding carboxylic acids is 3. The van der Waals surface area contributed by atoms with Crippen LogP contribution in [0.5, 0.6) is 0 Å². The lowest BCUT2D eigenvalue weighted by Crippen LogP contribution is -2.52. The molecule has 2 aromatic rings. The number of amides is 3. The average Bonchev–Trinajstić information content (AvgIpc) is 2.88. The molecule has 0 aliphatic carbocycles. The second kappa shape index (κ2) is 14.0. The van der Waals surface area contributed by atoms with Crippen molar-refractivity contribution in [2.45, 2.75) is 58.5 Å². The van der Waals surface area contributed by atoms with Gasteiger partial charge in [-0.3, -0.25) is 14.4 Å². The van der Waals surface area contributed by atoms with Gasteiger partial charge in [0.15, 0.2) is 0 Å². The van der Waals surface area contributed by atoms with E-state index in [-0.39, 0.29) is 42.0 Å². The number of likely N-dealkylation sites (tertiary alicyclic amines) is 1. The van der Waals surface area contributed by atoms with Gasteiger partial charge in [0.05, 0.1) is 6.04 Å². The largest absolute Gasteiger partial charge is 0.344 e. The van der Waals surface area contributed by atoms with Crippen LogP contribution in [0.2, 0.25) is 0 Å². The normalized spacial score (nSPS) is 16.3.